The van der Waals surface area contributed by atoms with Crippen LogP contribution in [-0.2, 0) is 0 Å². The minimum atomic E-state index is -0.490. The number of para-hydroxylation sites is 1. The molecule has 0 aliphatic carbocycles. The molecule has 0 saturated carbocycles. The fourth-order valence-electron chi connectivity index (χ4n) is 1.87. The van der Waals surface area contributed by atoms with Crippen LogP contribution in [0.2, 0.25) is 0 Å². The number of carbonyl (C=O) groups is 1. The summed E-state index contributed by atoms with van der Waals surface area (Å²) in [5.74, 6) is -0.254. The van der Waals surface area contributed by atoms with Gasteiger partial charge in [-0.1, -0.05) is 6.07 Å². The van der Waals surface area contributed by atoms with E-state index in [2.05, 4.69) is 31.5 Å². The maximum absolute atomic E-state index is 13.7. The Bertz CT molecular complexity index is 656. The Labute approximate surface area is 130 Å². The van der Waals surface area contributed by atoms with Crippen LogP contribution < -0.4 is 10.6 Å². The van der Waals surface area contributed by atoms with Crippen LogP contribution in [0.5, 0.6) is 0 Å². The first kappa shape index (κ1) is 15.4. The molecule has 0 unspecified atom stereocenters. The average molecular weight is 352 g/mol. The van der Waals surface area contributed by atoms with E-state index in [1.807, 2.05) is 6.92 Å². The molecule has 110 valence electrons. The van der Waals surface area contributed by atoms with Crippen molar-refractivity contribution in [3.05, 3.63) is 51.9 Å². The topological polar surface area (TPSA) is 54.0 Å². The van der Waals surface area contributed by atoms with Crippen LogP contribution in [0.1, 0.15) is 23.0 Å². The van der Waals surface area contributed by atoms with E-state index < -0.39 is 5.82 Å². The largest absolute Gasteiger partial charge is 0.370 e. The summed E-state index contributed by atoms with van der Waals surface area (Å²) >= 11 is 3.22. The second-order valence-corrected chi connectivity index (χ2v) is 5.32. The van der Waals surface area contributed by atoms with E-state index in [4.69, 9.17) is 0 Å². The number of rotatable bonds is 4. The lowest BCUT2D eigenvalue weighted by atomic mass is 10.2. The fourth-order valence-corrected chi connectivity index (χ4v) is 2.32. The molecule has 2 N–H and O–H groups in total. The molecule has 0 radical (unpaired) electrons. The first-order valence-corrected chi connectivity index (χ1v) is 7.28. The van der Waals surface area contributed by atoms with E-state index in [0.717, 1.165) is 0 Å². The molecule has 0 aliphatic heterocycles. The van der Waals surface area contributed by atoms with Gasteiger partial charge in [0.25, 0.3) is 5.91 Å². The minimum absolute atomic E-state index is 0.127. The monoisotopic (exact) mass is 351 g/mol. The number of amides is 1. The van der Waals surface area contributed by atoms with Crippen molar-refractivity contribution >= 4 is 33.3 Å². The van der Waals surface area contributed by atoms with E-state index in [0.29, 0.717) is 28.1 Å². The lowest BCUT2D eigenvalue weighted by Crippen LogP contribution is -2.15. The van der Waals surface area contributed by atoms with E-state index >= 15 is 0 Å². The molecule has 1 heterocycles. The van der Waals surface area contributed by atoms with Gasteiger partial charge in [0.05, 0.1) is 5.69 Å². The molecule has 0 bridgehead atoms. The van der Waals surface area contributed by atoms with E-state index in [9.17, 15) is 9.18 Å². The van der Waals surface area contributed by atoms with Crippen LogP contribution in [0, 0.1) is 12.7 Å². The quantitative estimate of drug-likeness (QED) is 0.875. The summed E-state index contributed by atoms with van der Waals surface area (Å²) in [4.78, 5) is 16.5. The van der Waals surface area contributed by atoms with Crippen LogP contribution >= 0.6 is 15.9 Å². The molecule has 6 heteroatoms. The number of anilines is 2. The highest BCUT2D eigenvalue weighted by molar-refractivity contribution is 9.10. The Kier molecular flexibility index (Phi) is 4.90. The lowest BCUT2D eigenvalue weighted by molar-refractivity contribution is 0.102. The van der Waals surface area contributed by atoms with Crippen molar-refractivity contribution in [2.24, 2.45) is 0 Å². The molecular weight excluding hydrogens is 337 g/mol. The summed E-state index contributed by atoms with van der Waals surface area (Å²) in [6.07, 6.45) is 0. The van der Waals surface area contributed by atoms with Gasteiger partial charge in [-0.25, -0.2) is 9.37 Å². The number of carbonyl (C=O) groups excluding carboxylic acids is 1. The second kappa shape index (κ2) is 6.67. The molecule has 1 aromatic carbocycles. The van der Waals surface area contributed by atoms with E-state index in [1.54, 1.807) is 31.2 Å². The smallest absolute Gasteiger partial charge is 0.255 e. The predicted octanol–water partition coefficient (Wildman–Crippen LogP) is 3.98. The average Bonchev–Trinajstić information content (AvgIpc) is 2.42. The number of benzene rings is 1. The predicted molar refractivity (Wildman–Crippen MR) is 85.2 cm³/mol. The molecule has 4 nitrogen and oxygen atoms in total. The third-order valence-electron chi connectivity index (χ3n) is 2.77. The Morgan fingerprint density at radius 1 is 1.38 bits per heavy atom. The summed E-state index contributed by atoms with van der Waals surface area (Å²) in [6.45, 7) is 4.45. The number of aromatic nitrogens is 1. The van der Waals surface area contributed by atoms with Crippen molar-refractivity contribution in [1.29, 1.82) is 0 Å². The Balaban J connectivity index is 2.28. The maximum atomic E-state index is 13.7. The number of nitrogens with one attached hydrogen (secondary N) is 2. The van der Waals surface area contributed by atoms with Crippen molar-refractivity contribution < 1.29 is 9.18 Å². The van der Waals surface area contributed by atoms with E-state index in [1.165, 1.54) is 6.07 Å². The van der Waals surface area contributed by atoms with Crippen molar-refractivity contribution in [3.8, 4) is 0 Å². The molecule has 0 spiro atoms. The summed E-state index contributed by atoms with van der Waals surface area (Å²) in [7, 11) is 0. The first-order valence-electron chi connectivity index (χ1n) is 6.49. The highest BCUT2D eigenvalue weighted by Crippen LogP contribution is 2.25. The fraction of sp³-hybridized carbons (Fsp3) is 0.200. The summed E-state index contributed by atoms with van der Waals surface area (Å²) < 4.78 is 14.2. The lowest BCUT2D eigenvalue weighted by Gasteiger charge is -2.10. The maximum Gasteiger partial charge on any atom is 0.255 e. The standard InChI is InChI=1S/C15H15BrFN3O/c1-3-18-13-8-10(7-9(2)19-13)15(21)20-14-11(16)5-4-6-12(14)17/h4-8H,3H2,1-2H3,(H,18,19)(H,20,21). The molecule has 0 aliphatic rings. The Morgan fingerprint density at radius 2 is 2.14 bits per heavy atom. The molecule has 0 saturated heterocycles. The summed E-state index contributed by atoms with van der Waals surface area (Å²) in [5.41, 5.74) is 1.27. The Hall–Kier alpha value is -1.95. The molecule has 2 rings (SSSR count). The van der Waals surface area contributed by atoms with Gasteiger partial charge in [-0.2, -0.15) is 0 Å². The van der Waals surface area contributed by atoms with E-state index in [-0.39, 0.29) is 11.6 Å². The number of aryl methyl sites for hydroxylation is 1. The summed E-state index contributed by atoms with van der Waals surface area (Å²) in [5, 5.41) is 5.63. The molecular formula is C15H15BrFN3O. The van der Waals surface area contributed by atoms with Gasteiger partial charge in [-0.15, -0.1) is 0 Å². The van der Waals surface area contributed by atoms with Crippen LogP contribution in [0.3, 0.4) is 0 Å². The first-order chi connectivity index (χ1) is 10.0. The van der Waals surface area contributed by atoms with Crippen molar-refractivity contribution in [2.75, 3.05) is 17.2 Å². The van der Waals surface area contributed by atoms with Crippen LogP contribution in [0.15, 0.2) is 34.8 Å². The number of hydrogen-bond acceptors (Lipinski definition) is 3. The number of hydrogen-bond donors (Lipinski definition) is 2. The number of halogens is 2. The van der Waals surface area contributed by atoms with Gasteiger partial charge >= 0.3 is 0 Å². The van der Waals surface area contributed by atoms with Crippen molar-refractivity contribution in [2.45, 2.75) is 13.8 Å². The molecule has 21 heavy (non-hydrogen) atoms. The van der Waals surface area contributed by atoms with Gasteiger partial charge < -0.3 is 10.6 Å². The molecule has 0 atom stereocenters. The van der Waals surface area contributed by atoms with Gasteiger partial charge in [0.2, 0.25) is 0 Å². The van der Waals surface area contributed by atoms with Crippen LogP contribution in [-0.4, -0.2) is 17.4 Å². The number of pyridine rings is 1. The normalized spacial score (nSPS) is 10.3. The SMILES string of the molecule is CCNc1cc(C(=O)Nc2c(F)cccc2Br)cc(C)n1. The highest BCUT2D eigenvalue weighted by Gasteiger charge is 2.13. The van der Waals surface area contributed by atoms with Gasteiger partial charge in [-0.3, -0.25) is 4.79 Å². The minimum Gasteiger partial charge on any atom is -0.370 e. The van der Waals surface area contributed by atoms with Crippen molar-refractivity contribution in [1.82, 2.24) is 4.98 Å². The van der Waals surface area contributed by atoms with Crippen LogP contribution in [0.25, 0.3) is 0 Å². The highest BCUT2D eigenvalue weighted by atomic mass is 79.9. The van der Waals surface area contributed by atoms with Crippen molar-refractivity contribution in [3.63, 3.8) is 0 Å². The molecule has 1 amide bonds. The molecule has 2 aromatic rings. The zero-order valence-corrected chi connectivity index (χ0v) is 13.3. The molecule has 1 aromatic heterocycles. The zero-order valence-electron chi connectivity index (χ0n) is 11.7. The zero-order chi connectivity index (χ0) is 15.4. The van der Waals surface area contributed by atoms with Gasteiger partial charge in [0, 0.05) is 22.3 Å². The van der Waals surface area contributed by atoms with Gasteiger partial charge in [-0.05, 0) is 54.0 Å². The molecule has 0 fully saturated rings. The third-order valence-corrected chi connectivity index (χ3v) is 3.44. The van der Waals surface area contributed by atoms with Gasteiger partial charge in [0.1, 0.15) is 11.6 Å². The second-order valence-electron chi connectivity index (χ2n) is 4.46. The summed E-state index contributed by atoms with van der Waals surface area (Å²) in [6, 6.07) is 7.82. The Morgan fingerprint density at radius 3 is 2.81 bits per heavy atom. The van der Waals surface area contributed by atoms with Gasteiger partial charge in [0.15, 0.2) is 0 Å². The number of nitrogens with zero attached hydrogens (tertiary/aromatic N) is 1. The third kappa shape index (κ3) is 3.78. The van der Waals surface area contributed by atoms with Crippen LogP contribution in [0.4, 0.5) is 15.9 Å².